The van der Waals surface area contributed by atoms with E-state index in [9.17, 15) is 8.78 Å². The number of anilines is 3. The van der Waals surface area contributed by atoms with Gasteiger partial charge in [0.25, 0.3) is 0 Å². The van der Waals surface area contributed by atoms with Crippen molar-refractivity contribution in [1.82, 2.24) is 20.5 Å². The first kappa shape index (κ1) is 19.0. The number of nitrogen functional groups attached to an aromatic ring is 1. The molecule has 0 saturated carbocycles. The third-order valence-corrected chi connectivity index (χ3v) is 6.18. The summed E-state index contributed by atoms with van der Waals surface area (Å²) in [4.78, 5) is 6.97. The molecule has 162 valence electrons. The van der Waals surface area contributed by atoms with Gasteiger partial charge in [-0.25, -0.2) is 13.8 Å². The Morgan fingerprint density at radius 2 is 1.78 bits per heavy atom. The maximum absolute atomic E-state index is 14.0. The van der Waals surface area contributed by atoms with E-state index in [1.165, 1.54) is 12.1 Å². The second kappa shape index (κ2) is 7.16. The van der Waals surface area contributed by atoms with Crippen LogP contribution in [0.25, 0.3) is 33.4 Å². The van der Waals surface area contributed by atoms with E-state index in [1.54, 1.807) is 0 Å². The van der Waals surface area contributed by atoms with Crippen LogP contribution in [0.15, 0.2) is 36.4 Å². The number of fused-ring (bicyclic) bond motifs is 5. The van der Waals surface area contributed by atoms with Crippen LogP contribution in [-0.2, 0) is 6.54 Å². The van der Waals surface area contributed by atoms with Crippen molar-refractivity contribution in [2.45, 2.75) is 6.54 Å². The Labute approximate surface area is 182 Å². The number of rotatable bonds is 2. The molecule has 2 aliphatic heterocycles. The van der Waals surface area contributed by atoms with E-state index in [-0.39, 0.29) is 0 Å². The summed E-state index contributed by atoms with van der Waals surface area (Å²) in [6.45, 7) is 4.27. The Balaban J connectivity index is 1.57. The molecule has 1 fully saturated rings. The van der Waals surface area contributed by atoms with Gasteiger partial charge in [0.2, 0.25) is 0 Å². The lowest BCUT2D eigenvalue weighted by molar-refractivity contribution is 0.584. The molecular formula is C23H21F2N7. The molecular weight excluding hydrogens is 412 g/mol. The van der Waals surface area contributed by atoms with Crippen LogP contribution in [0.1, 0.15) is 5.56 Å². The topological polar surface area (TPSA) is 94.9 Å². The molecule has 4 aromatic rings. The van der Waals surface area contributed by atoms with E-state index in [4.69, 9.17) is 5.73 Å². The number of aromatic nitrogens is 3. The standard InChI is InChI=1S/C23H21F2N7/c24-13-7-12(8-14(25)9-13)21-17-11-28-18-10-15(32-5-3-27-4-6-32)1-2-16(18)19(17)20-22(26)30-31-23(20)29-21/h1-2,7-10,27-28H,3-6,11H2,(H3,26,29,30,31). The zero-order chi connectivity index (χ0) is 21.8. The lowest BCUT2D eigenvalue weighted by Crippen LogP contribution is -2.43. The highest BCUT2D eigenvalue weighted by atomic mass is 19.1. The summed E-state index contributed by atoms with van der Waals surface area (Å²) >= 11 is 0. The Hall–Kier alpha value is -3.72. The number of H-pyrrole nitrogens is 1. The molecule has 2 aromatic heterocycles. The summed E-state index contributed by atoms with van der Waals surface area (Å²) in [6.07, 6.45) is 0. The van der Waals surface area contributed by atoms with Crippen LogP contribution in [0.2, 0.25) is 0 Å². The monoisotopic (exact) mass is 433 g/mol. The SMILES string of the molecule is Nc1[nH]nc2nc(-c3cc(F)cc(F)c3)c3c(c12)-c1ccc(N2CCNCC2)cc1NC3. The molecule has 0 spiro atoms. The summed E-state index contributed by atoms with van der Waals surface area (Å²) in [6, 6.07) is 9.75. The van der Waals surface area contributed by atoms with Gasteiger partial charge in [-0.05, 0) is 24.3 Å². The normalized spacial score (nSPS) is 15.4. The maximum Gasteiger partial charge on any atom is 0.184 e. The highest BCUT2D eigenvalue weighted by molar-refractivity contribution is 6.07. The van der Waals surface area contributed by atoms with Gasteiger partial charge >= 0.3 is 0 Å². The van der Waals surface area contributed by atoms with Gasteiger partial charge in [-0.3, -0.25) is 5.10 Å². The molecule has 4 heterocycles. The van der Waals surface area contributed by atoms with Crippen LogP contribution >= 0.6 is 0 Å². The fourth-order valence-electron chi connectivity index (χ4n) is 4.71. The number of aromatic amines is 1. The molecule has 32 heavy (non-hydrogen) atoms. The zero-order valence-electron chi connectivity index (χ0n) is 17.2. The van der Waals surface area contributed by atoms with Gasteiger partial charge in [-0.1, -0.05) is 6.07 Å². The number of nitrogens with two attached hydrogens (primary N) is 1. The first-order chi connectivity index (χ1) is 15.6. The van der Waals surface area contributed by atoms with Crippen molar-refractivity contribution < 1.29 is 8.78 Å². The van der Waals surface area contributed by atoms with Crippen molar-refractivity contribution in [1.29, 1.82) is 0 Å². The highest BCUT2D eigenvalue weighted by Crippen LogP contribution is 2.45. The number of hydrogen-bond donors (Lipinski definition) is 4. The Morgan fingerprint density at radius 1 is 1.00 bits per heavy atom. The van der Waals surface area contributed by atoms with Gasteiger partial charge in [0.05, 0.1) is 11.1 Å². The van der Waals surface area contributed by atoms with Crippen molar-refractivity contribution in [2.75, 3.05) is 42.1 Å². The van der Waals surface area contributed by atoms with Crippen LogP contribution in [0, 0.1) is 11.6 Å². The van der Waals surface area contributed by atoms with Crippen molar-refractivity contribution >= 4 is 28.2 Å². The van der Waals surface area contributed by atoms with Gasteiger partial charge < -0.3 is 21.3 Å². The lowest BCUT2D eigenvalue weighted by Gasteiger charge is -2.31. The largest absolute Gasteiger partial charge is 0.383 e. The van der Waals surface area contributed by atoms with E-state index < -0.39 is 11.6 Å². The second-order valence-electron chi connectivity index (χ2n) is 8.13. The van der Waals surface area contributed by atoms with Gasteiger partial charge in [0.1, 0.15) is 17.5 Å². The van der Waals surface area contributed by atoms with Crippen LogP contribution in [-0.4, -0.2) is 41.4 Å². The maximum atomic E-state index is 14.0. The molecule has 0 aliphatic carbocycles. The molecule has 2 aliphatic rings. The van der Waals surface area contributed by atoms with E-state index in [0.717, 1.165) is 65.7 Å². The average Bonchev–Trinajstić information content (AvgIpc) is 3.18. The number of halogens is 2. The average molecular weight is 433 g/mol. The third kappa shape index (κ3) is 2.96. The van der Waals surface area contributed by atoms with Crippen molar-refractivity contribution in [2.24, 2.45) is 0 Å². The molecule has 0 radical (unpaired) electrons. The molecule has 0 unspecified atom stereocenters. The first-order valence-corrected chi connectivity index (χ1v) is 10.6. The summed E-state index contributed by atoms with van der Waals surface area (Å²) < 4.78 is 28.0. The number of benzene rings is 2. The third-order valence-electron chi connectivity index (χ3n) is 6.18. The van der Waals surface area contributed by atoms with Gasteiger partial charge in [0.15, 0.2) is 5.65 Å². The Morgan fingerprint density at radius 3 is 2.56 bits per heavy atom. The van der Waals surface area contributed by atoms with Gasteiger partial charge in [-0.15, -0.1) is 0 Å². The molecule has 9 heteroatoms. The molecule has 0 atom stereocenters. The zero-order valence-corrected chi connectivity index (χ0v) is 17.2. The lowest BCUT2D eigenvalue weighted by atomic mass is 9.89. The molecule has 5 N–H and O–H groups in total. The summed E-state index contributed by atoms with van der Waals surface area (Å²) in [5.41, 5.74) is 12.3. The van der Waals surface area contributed by atoms with Crippen molar-refractivity contribution in [3.63, 3.8) is 0 Å². The van der Waals surface area contributed by atoms with Crippen molar-refractivity contribution in [3.05, 3.63) is 53.6 Å². The fourth-order valence-corrected chi connectivity index (χ4v) is 4.71. The fraction of sp³-hybridized carbons (Fsp3) is 0.217. The van der Waals surface area contributed by atoms with Crippen LogP contribution in [0.3, 0.4) is 0 Å². The number of nitrogens with zero attached hydrogens (tertiary/aromatic N) is 3. The summed E-state index contributed by atoms with van der Waals surface area (Å²) in [7, 11) is 0. The Bertz CT molecular complexity index is 1340. The molecule has 1 saturated heterocycles. The van der Waals surface area contributed by atoms with E-state index in [2.05, 4.69) is 48.9 Å². The quantitative estimate of drug-likeness (QED) is 0.387. The van der Waals surface area contributed by atoms with Crippen LogP contribution in [0.5, 0.6) is 0 Å². The molecule has 7 nitrogen and oxygen atoms in total. The van der Waals surface area contributed by atoms with E-state index >= 15 is 0 Å². The second-order valence-corrected chi connectivity index (χ2v) is 8.13. The Kier molecular flexibility index (Phi) is 4.25. The minimum atomic E-state index is -0.651. The summed E-state index contributed by atoms with van der Waals surface area (Å²) in [5, 5.41) is 14.6. The number of nitrogens with one attached hydrogen (secondary N) is 3. The van der Waals surface area contributed by atoms with Gasteiger partial charge in [0, 0.05) is 72.4 Å². The van der Waals surface area contributed by atoms with E-state index in [1.807, 2.05) is 0 Å². The smallest absolute Gasteiger partial charge is 0.184 e. The first-order valence-electron chi connectivity index (χ1n) is 10.6. The molecule has 0 amide bonds. The highest BCUT2D eigenvalue weighted by Gasteiger charge is 2.27. The van der Waals surface area contributed by atoms with Crippen LogP contribution in [0.4, 0.5) is 26.0 Å². The number of hydrogen-bond acceptors (Lipinski definition) is 6. The number of piperazine rings is 1. The van der Waals surface area contributed by atoms with Crippen LogP contribution < -0.4 is 21.3 Å². The predicted octanol–water partition coefficient (Wildman–Crippen LogP) is 3.49. The molecule has 6 rings (SSSR count). The number of pyridine rings is 1. The predicted molar refractivity (Wildman–Crippen MR) is 121 cm³/mol. The minimum Gasteiger partial charge on any atom is -0.383 e. The minimum absolute atomic E-state index is 0.366. The summed E-state index contributed by atoms with van der Waals surface area (Å²) in [5.74, 6) is -0.885. The van der Waals surface area contributed by atoms with Gasteiger partial charge in [-0.2, -0.15) is 5.10 Å². The van der Waals surface area contributed by atoms with E-state index in [0.29, 0.717) is 29.3 Å². The van der Waals surface area contributed by atoms with Crippen molar-refractivity contribution in [3.8, 4) is 22.4 Å². The molecule has 0 bridgehead atoms. The molecule has 2 aromatic carbocycles.